The third-order valence-electron chi connectivity index (χ3n) is 3.40. The number of ether oxygens (including phenoxy) is 1. The molecule has 0 N–H and O–H groups in total. The van der Waals surface area contributed by atoms with Crippen LogP contribution in [-0.4, -0.2) is 31.1 Å². The summed E-state index contributed by atoms with van der Waals surface area (Å²) in [5.74, 6) is 0.543. The average Bonchev–Trinajstić information content (AvgIpc) is 2.42. The van der Waals surface area contributed by atoms with Gasteiger partial charge in [0.25, 0.3) is 0 Å². The third-order valence-corrected chi connectivity index (χ3v) is 3.40. The van der Waals surface area contributed by atoms with Gasteiger partial charge in [-0.25, -0.2) is 4.39 Å². The molecule has 0 unspecified atom stereocenters. The normalized spacial score (nSPS) is 16.7. The van der Waals surface area contributed by atoms with E-state index < -0.39 is 0 Å². The molecule has 1 aliphatic rings. The molecule has 0 amide bonds. The van der Waals surface area contributed by atoms with Crippen LogP contribution < -0.4 is 4.74 Å². The fourth-order valence-corrected chi connectivity index (χ4v) is 2.34. The number of nitrogens with zero attached hydrogens (tertiary/aromatic N) is 1. The Balaban J connectivity index is 1.54. The van der Waals surface area contributed by atoms with Crippen LogP contribution in [-0.2, 0) is 0 Å². The summed E-state index contributed by atoms with van der Waals surface area (Å²) >= 11 is 0. The van der Waals surface area contributed by atoms with Crippen LogP contribution in [0.3, 0.4) is 0 Å². The summed E-state index contributed by atoms with van der Waals surface area (Å²) < 4.78 is 18.2. The van der Waals surface area contributed by atoms with Crippen LogP contribution in [0.1, 0.15) is 32.1 Å². The largest absolute Gasteiger partial charge is 0.494 e. The highest BCUT2D eigenvalue weighted by Gasteiger charge is 2.08. The van der Waals surface area contributed by atoms with Gasteiger partial charge < -0.3 is 9.64 Å². The first-order chi connectivity index (χ1) is 8.84. The fourth-order valence-electron chi connectivity index (χ4n) is 2.34. The number of piperidine rings is 1. The summed E-state index contributed by atoms with van der Waals surface area (Å²) in [6.45, 7) is 4.43. The average molecular weight is 251 g/mol. The van der Waals surface area contributed by atoms with E-state index in [4.69, 9.17) is 4.74 Å². The Morgan fingerprint density at radius 1 is 1.00 bits per heavy atom. The van der Waals surface area contributed by atoms with Crippen LogP contribution in [0.25, 0.3) is 0 Å². The molecule has 0 radical (unpaired) electrons. The zero-order chi connectivity index (χ0) is 12.6. The maximum atomic E-state index is 12.7. The smallest absolute Gasteiger partial charge is 0.123 e. The Bertz CT molecular complexity index is 333. The summed E-state index contributed by atoms with van der Waals surface area (Å²) in [5.41, 5.74) is 0. The highest BCUT2D eigenvalue weighted by atomic mass is 19.1. The van der Waals surface area contributed by atoms with Crippen LogP contribution >= 0.6 is 0 Å². The van der Waals surface area contributed by atoms with Crippen molar-refractivity contribution >= 4 is 0 Å². The quantitative estimate of drug-likeness (QED) is 0.718. The Labute approximate surface area is 109 Å². The van der Waals surface area contributed by atoms with Crippen molar-refractivity contribution in [1.82, 2.24) is 4.90 Å². The number of hydrogen-bond donors (Lipinski definition) is 0. The SMILES string of the molecule is Fc1ccc(OCCCCN2CCCCC2)cc1. The highest BCUT2D eigenvalue weighted by molar-refractivity contribution is 5.21. The molecule has 0 saturated carbocycles. The van der Waals surface area contributed by atoms with Gasteiger partial charge in [-0.05, 0) is 69.6 Å². The van der Waals surface area contributed by atoms with Gasteiger partial charge in [-0.2, -0.15) is 0 Å². The zero-order valence-corrected chi connectivity index (χ0v) is 10.9. The molecule has 1 fully saturated rings. The predicted octanol–water partition coefficient (Wildman–Crippen LogP) is 3.47. The molecule has 1 aromatic carbocycles. The second-order valence-electron chi connectivity index (χ2n) is 4.91. The van der Waals surface area contributed by atoms with Gasteiger partial charge in [0, 0.05) is 0 Å². The molecule has 2 rings (SSSR count). The lowest BCUT2D eigenvalue weighted by atomic mass is 10.1. The molecule has 0 bridgehead atoms. The Morgan fingerprint density at radius 3 is 2.44 bits per heavy atom. The minimum absolute atomic E-state index is 0.215. The third kappa shape index (κ3) is 4.65. The molecule has 0 aliphatic carbocycles. The molecule has 1 aliphatic heterocycles. The van der Waals surface area contributed by atoms with Crippen LogP contribution in [0.2, 0.25) is 0 Å². The van der Waals surface area contributed by atoms with Gasteiger partial charge in [-0.1, -0.05) is 6.42 Å². The first-order valence-corrected chi connectivity index (χ1v) is 6.95. The molecular weight excluding hydrogens is 229 g/mol. The fraction of sp³-hybridized carbons (Fsp3) is 0.600. The van der Waals surface area contributed by atoms with Crippen LogP contribution in [0.4, 0.5) is 4.39 Å². The van der Waals surface area contributed by atoms with Gasteiger partial charge in [0.1, 0.15) is 11.6 Å². The molecule has 2 nitrogen and oxygen atoms in total. The molecular formula is C15H22FNO. The van der Waals surface area contributed by atoms with Crippen molar-refractivity contribution in [1.29, 1.82) is 0 Å². The molecule has 100 valence electrons. The zero-order valence-electron chi connectivity index (χ0n) is 10.9. The van der Waals surface area contributed by atoms with Gasteiger partial charge in [-0.3, -0.25) is 0 Å². The maximum absolute atomic E-state index is 12.7. The number of hydrogen-bond acceptors (Lipinski definition) is 2. The van der Waals surface area contributed by atoms with E-state index >= 15 is 0 Å². The van der Waals surface area contributed by atoms with Gasteiger partial charge in [0.05, 0.1) is 6.61 Å². The lowest BCUT2D eigenvalue weighted by molar-refractivity contribution is 0.216. The Kier molecular flexibility index (Phi) is 5.46. The lowest BCUT2D eigenvalue weighted by Gasteiger charge is -2.26. The van der Waals surface area contributed by atoms with Crippen molar-refractivity contribution in [2.75, 3.05) is 26.2 Å². The molecule has 0 atom stereocenters. The van der Waals surface area contributed by atoms with Gasteiger partial charge in [0.2, 0.25) is 0 Å². The maximum Gasteiger partial charge on any atom is 0.123 e. The predicted molar refractivity (Wildman–Crippen MR) is 71.4 cm³/mol. The first kappa shape index (κ1) is 13.3. The molecule has 1 aromatic rings. The van der Waals surface area contributed by atoms with E-state index in [2.05, 4.69) is 4.90 Å². The van der Waals surface area contributed by atoms with Crippen molar-refractivity contribution in [2.45, 2.75) is 32.1 Å². The summed E-state index contributed by atoms with van der Waals surface area (Å²) in [6, 6.07) is 6.23. The van der Waals surface area contributed by atoms with Gasteiger partial charge in [0.15, 0.2) is 0 Å². The van der Waals surface area contributed by atoms with Crippen molar-refractivity contribution < 1.29 is 9.13 Å². The van der Waals surface area contributed by atoms with Crippen LogP contribution in [0.5, 0.6) is 5.75 Å². The van der Waals surface area contributed by atoms with Gasteiger partial charge >= 0.3 is 0 Å². The van der Waals surface area contributed by atoms with E-state index in [9.17, 15) is 4.39 Å². The monoisotopic (exact) mass is 251 g/mol. The number of rotatable bonds is 6. The van der Waals surface area contributed by atoms with Crippen molar-refractivity contribution in [3.05, 3.63) is 30.1 Å². The van der Waals surface area contributed by atoms with E-state index in [1.807, 2.05) is 0 Å². The summed E-state index contributed by atoms with van der Waals surface area (Å²) in [6.07, 6.45) is 6.34. The van der Waals surface area contributed by atoms with Crippen molar-refractivity contribution in [3.8, 4) is 5.75 Å². The number of likely N-dealkylation sites (tertiary alicyclic amines) is 1. The second-order valence-corrected chi connectivity index (χ2v) is 4.91. The molecule has 0 spiro atoms. The van der Waals surface area contributed by atoms with E-state index in [-0.39, 0.29) is 5.82 Å². The van der Waals surface area contributed by atoms with Crippen molar-refractivity contribution in [3.63, 3.8) is 0 Å². The van der Waals surface area contributed by atoms with E-state index in [0.29, 0.717) is 0 Å². The summed E-state index contributed by atoms with van der Waals surface area (Å²) in [5, 5.41) is 0. The molecule has 3 heteroatoms. The van der Waals surface area contributed by atoms with Crippen LogP contribution in [0, 0.1) is 5.82 Å². The Hall–Kier alpha value is -1.09. The van der Waals surface area contributed by atoms with E-state index in [1.54, 1.807) is 12.1 Å². The number of benzene rings is 1. The molecule has 0 aromatic heterocycles. The van der Waals surface area contributed by atoms with Gasteiger partial charge in [-0.15, -0.1) is 0 Å². The Morgan fingerprint density at radius 2 is 1.72 bits per heavy atom. The minimum atomic E-state index is -0.215. The lowest BCUT2D eigenvalue weighted by Crippen LogP contribution is -2.30. The molecule has 1 saturated heterocycles. The minimum Gasteiger partial charge on any atom is -0.494 e. The highest BCUT2D eigenvalue weighted by Crippen LogP contribution is 2.12. The molecule has 1 heterocycles. The van der Waals surface area contributed by atoms with E-state index in [0.717, 1.165) is 18.8 Å². The second kappa shape index (κ2) is 7.37. The molecule has 18 heavy (non-hydrogen) atoms. The topological polar surface area (TPSA) is 12.5 Å². The van der Waals surface area contributed by atoms with Crippen molar-refractivity contribution in [2.24, 2.45) is 0 Å². The number of unbranched alkanes of at least 4 members (excludes halogenated alkanes) is 1. The van der Waals surface area contributed by atoms with E-state index in [1.165, 1.54) is 57.5 Å². The first-order valence-electron chi connectivity index (χ1n) is 6.95. The summed E-state index contributed by atoms with van der Waals surface area (Å²) in [7, 11) is 0. The van der Waals surface area contributed by atoms with Crippen LogP contribution in [0.15, 0.2) is 24.3 Å². The standard InChI is InChI=1S/C15H22FNO/c16-14-6-8-15(9-7-14)18-13-5-4-12-17-10-2-1-3-11-17/h6-9H,1-5,10-13H2. The summed E-state index contributed by atoms with van der Waals surface area (Å²) in [4.78, 5) is 2.54. The number of halogens is 1.